The van der Waals surface area contributed by atoms with Gasteiger partial charge in [0, 0.05) is 63.6 Å². The molecule has 0 radical (unpaired) electrons. The highest BCUT2D eigenvalue weighted by molar-refractivity contribution is 5.92. The van der Waals surface area contributed by atoms with Crippen LogP contribution in [0.4, 0.5) is 10.5 Å². The Morgan fingerprint density at radius 3 is 2.40 bits per heavy atom. The molecule has 11 nitrogen and oxygen atoms in total. The smallest absolute Gasteiger partial charge is 0.410 e. The van der Waals surface area contributed by atoms with Crippen molar-refractivity contribution in [3.05, 3.63) is 63.8 Å². The Balaban J connectivity index is 1.08. The van der Waals surface area contributed by atoms with Gasteiger partial charge in [-0.15, -0.1) is 0 Å². The third kappa shape index (κ3) is 7.25. The molecule has 224 valence electrons. The van der Waals surface area contributed by atoms with Crippen LogP contribution in [0, 0.1) is 0 Å². The van der Waals surface area contributed by atoms with Crippen molar-refractivity contribution in [2.75, 3.05) is 44.2 Å². The van der Waals surface area contributed by atoms with Crippen molar-refractivity contribution in [2.24, 2.45) is 0 Å². The van der Waals surface area contributed by atoms with E-state index >= 15 is 0 Å². The van der Waals surface area contributed by atoms with E-state index in [1.165, 1.54) is 0 Å². The molecular weight excluding hydrogens is 534 g/mol. The van der Waals surface area contributed by atoms with Crippen LogP contribution in [0.5, 0.6) is 0 Å². The van der Waals surface area contributed by atoms with Gasteiger partial charge >= 0.3 is 6.09 Å². The van der Waals surface area contributed by atoms with E-state index in [9.17, 15) is 14.4 Å². The number of piperazine rings is 1. The predicted molar refractivity (Wildman–Crippen MR) is 162 cm³/mol. The number of piperidine rings is 1. The number of aromatic amines is 1. The molecule has 2 saturated heterocycles. The Labute approximate surface area is 246 Å². The highest BCUT2D eigenvalue weighted by atomic mass is 16.6. The largest absolute Gasteiger partial charge is 0.444 e. The predicted octanol–water partition coefficient (Wildman–Crippen LogP) is 3.33. The average Bonchev–Trinajstić information content (AvgIpc) is 2.97. The van der Waals surface area contributed by atoms with Gasteiger partial charge in [0.2, 0.25) is 0 Å². The molecule has 11 heteroatoms. The standard InChI is InChI=1S/C31H41N7O4/c1-5-22-17-26-27(35-28(22)39)16-21(18-32-26)20-36-12-14-37(15-13-36)24-6-7-25(33-19-24)29(40)34-23-8-10-38(11-9-23)30(41)42-31(2,3)4/h6-7,16-19,23H,5,8-15,20H2,1-4H3,(H,34,40)(H,35,39). The van der Waals surface area contributed by atoms with Crippen LogP contribution in [0.3, 0.4) is 0 Å². The maximum Gasteiger partial charge on any atom is 0.410 e. The first-order chi connectivity index (χ1) is 20.1. The summed E-state index contributed by atoms with van der Waals surface area (Å²) < 4.78 is 5.45. The lowest BCUT2D eigenvalue weighted by Crippen LogP contribution is -2.48. The van der Waals surface area contributed by atoms with Crippen molar-refractivity contribution in [3.8, 4) is 0 Å². The maximum absolute atomic E-state index is 12.8. The number of H-pyrrole nitrogens is 1. The molecular formula is C31H41N7O4. The fourth-order valence-electron chi connectivity index (χ4n) is 5.44. The summed E-state index contributed by atoms with van der Waals surface area (Å²) in [6.07, 6.45) is 5.40. The fourth-order valence-corrected chi connectivity index (χ4v) is 5.44. The van der Waals surface area contributed by atoms with Gasteiger partial charge in [-0.2, -0.15) is 0 Å². The van der Waals surface area contributed by atoms with Gasteiger partial charge in [0.05, 0.1) is 22.9 Å². The van der Waals surface area contributed by atoms with E-state index in [0.29, 0.717) is 38.0 Å². The van der Waals surface area contributed by atoms with Gasteiger partial charge in [-0.1, -0.05) is 6.92 Å². The first kappa shape index (κ1) is 29.5. The molecule has 2 aliphatic rings. The number of nitrogens with zero attached hydrogens (tertiary/aromatic N) is 5. The zero-order valence-electron chi connectivity index (χ0n) is 25.0. The van der Waals surface area contributed by atoms with Gasteiger partial charge < -0.3 is 24.8 Å². The number of fused-ring (bicyclic) bond motifs is 1. The lowest BCUT2D eigenvalue weighted by molar-refractivity contribution is 0.0199. The van der Waals surface area contributed by atoms with E-state index in [1.807, 2.05) is 52.1 Å². The van der Waals surface area contributed by atoms with Gasteiger partial charge in [0.25, 0.3) is 11.5 Å². The number of likely N-dealkylation sites (tertiary alicyclic amines) is 1. The zero-order chi connectivity index (χ0) is 29.9. The Morgan fingerprint density at radius 1 is 1.02 bits per heavy atom. The van der Waals surface area contributed by atoms with Crippen LogP contribution in [-0.2, 0) is 17.7 Å². The second-order valence-corrected chi connectivity index (χ2v) is 12.1. The van der Waals surface area contributed by atoms with Crippen molar-refractivity contribution in [1.82, 2.24) is 30.1 Å². The van der Waals surface area contributed by atoms with Crippen LogP contribution in [0.15, 0.2) is 41.5 Å². The van der Waals surface area contributed by atoms with E-state index < -0.39 is 5.60 Å². The van der Waals surface area contributed by atoms with Gasteiger partial charge in [0.1, 0.15) is 11.3 Å². The topological polar surface area (TPSA) is 124 Å². The molecule has 0 unspecified atom stereocenters. The summed E-state index contributed by atoms with van der Waals surface area (Å²) in [6, 6.07) is 7.62. The van der Waals surface area contributed by atoms with Gasteiger partial charge in [-0.05, 0) is 69.9 Å². The number of rotatable bonds is 6. The Bertz CT molecular complexity index is 1470. The Kier molecular flexibility index (Phi) is 8.77. The molecule has 2 amide bonds. The van der Waals surface area contributed by atoms with Gasteiger partial charge in [-0.3, -0.25) is 19.5 Å². The number of carbonyl (C=O) groups excluding carboxylic acids is 2. The lowest BCUT2D eigenvalue weighted by Gasteiger charge is -2.36. The molecule has 0 atom stereocenters. The van der Waals surface area contributed by atoms with Gasteiger partial charge in [-0.25, -0.2) is 9.78 Å². The minimum absolute atomic E-state index is 0.00222. The number of aromatic nitrogens is 3. The van der Waals surface area contributed by atoms with E-state index in [4.69, 9.17) is 4.74 Å². The molecule has 5 rings (SSSR count). The van der Waals surface area contributed by atoms with Crippen LogP contribution < -0.4 is 15.8 Å². The van der Waals surface area contributed by atoms with Crippen LogP contribution >= 0.6 is 0 Å². The van der Waals surface area contributed by atoms with Crippen LogP contribution in [-0.4, -0.2) is 87.7 Å². The normalized spacial score (nSPS) is 17.0. The first-order valence-electron chi connectivity index (χ1n) is 14.8. The molecule has 0 bridgehead atoms. The van der Waals surface area contributed by atoms with Crippen molar-refractivity contribution < 1.29 is 14.3 Å². The third-order valence-electron chi connectivity index (χ3n) is 7.81. The molecule has 2 aliphatic heterocycles. The van der Waals surface area contributed by atoms with E-state index in [1.54, 1.807) is 17.2 Å². The van der Waals surface area contributed by atoms with Crippen LogP contribution in [0.2, 0.25) is 0 Å². The molecule has 5 heterocycles. The molecule has 2 fully saturated rings. The Hall–Kier alpha value is -3.99. The van der Waals surface area contributed by atoms with E-state index in [2.05, 4.69) is 30.1 Å². The van der Waals surface area contributed by atoms with E-state index in [0.717, 1.165) is 60.6 Å². The zero-order valence-corrected chi connectivity index (χ0v) is 25.0. The number of aryl methyl sites for hydroxylation is 1. The summed E-state index contributed by atoms with van der Waals surface area (Å²) >= 11 is 0. The van der Waals surface area contributed by atoms with Crippen molar-refractivity contribution in [1.29, 1.82) is 0 Å². The summed E-state index contributed by atoms with van der Waals surface area (Å²) in [5.41, 5.74) is 4.22. The minimum Gasteiger partial charge on any atom is -0.444 e. The highest BCUT2D eigenvalue weighted by Crippen LogP contribution is 2.19. The lowest BCUT2D eigenvalue weighted by atomic mass is 10.1. The summed E-state index contributed by atoms with van der Waals surface area (Å²) in [7, 11) is 0. The molecule has 0 aromatic carbocycles. The number of nitrogens with one attached hydrogen (secondary N) is 2. The molecule has 2 N–H and O–H groups in total. The summed E-state index contributed by atoms with van der Waals surface area (Å²) in [5.74, 6) is -0.196. The average molecular weight is 576 g/mol. The number of carbonyl (C=O) groups is 2. The first-order valence-corrected chi connectivity index (χ1v) is 14.8. The van der Waals surface area contributed by atoms with Crippen LogP contribution in [0.25, 0.3) is 11.0 Å². The maximum atomic E-state index is 12.8. The number of amides is 2. The van der Waals surface area contributed by atoms with Crippen molar-refractivity contribution in [2.45, 2.75) is 65.1 Å². The number of pyridine rings is 3. The second-order valence-electron chi connectivity index (χ2n) is 12.1. The molecule has 0 aliphatic carbocycles. The summed E-state index contributed by atoms with van der Waals surface area (Å²) in [6.45, 7) is 12.9. The molecule has 0 spiro atoms. The van der Waals surface area contributed by atoms with E-state index in [-0.39, 0.29) is 23.6 Å². The fraction of sp³-hybridized carbons (Fsp3) is 0.516. The number of hydrogen-bond acceptors (Lipinski definition) is 8. The number of ether oxygens (including phenoxy) is 1. The summed E-state index contributed by atoms with van der Waals surface area (Å²) in [4.78, 5) is 55.7. The highest BCUT2D eigenvalue weighted by Gasteiger charge is 2.28. The molecule has 42 heavy (non-hydrogen) atoms. The summed E-state index contributed by atoms with van der Waals surface area (Å²) in [5, 5.41) is 3.07. The molecule has 3 aromatic heterocycles. The Morgan fingerprint density at radius 2 is 1.76 bits per heavy atom. The quantitative estimate of drug-likeness (QED) is 0.459. The van der Waals surface area contributed by atoms with Gasteiger partial charge in [0.15, 0.2) is 0 Å². The molecule has 3 aromatic rings. The monoisotopic (exact) mass is 575 g/mol. The SMILES string of the molecule is CCc1cc2ncc(CN3CCN(c4ccc(C(=O)NC5CCN(C(=O)OC(C)(C)C)CC5)nc4)CC3)cc2[nH]c1=O. The van der Waals surface area contributed by atoms with Crippen molar-refractivity contribution in [3.63, 3.8) is 0 Å². The number of hydrogen-bond donors (Lipinski definition) is 2. The minimum atomic E-state index is -0.522. The second kappa shape index (κ2) is 12.5. The third-order valence-corrected chi connectivity index (χ3v) is 7.81. The molecule has 0 saturated carbocycles. The number of anilines is 1. The van der Waals surface area contributed by atoms with Crippen molar-refractivity contribution >= 4 is 28.7 Å². The van der Waals surface area contributed by atoms with Crippen LogP contribution in [0.1, 0.15) is 62.2 Å².